The van der Waals surface area contributed by atoms with Crippen LogP contribution in [0.4, 0.5) is 0 Å². The fourth-order valence-electron chi connectivity index (χ4n) is 5.19. The van der Waals surface area contributed by atoms with E-state index < -0.39 is 23.3 Å². The molecule has 5 aromatic rings. The van der Waals surface area contributed by atoms with Crippen LogP contribution >= 0.6 is 0 Å². The Kier molecular flexibility index (Phi) is 11.5. The Morgan fingerprint density at radius 1 is 0.577 bits per heavy atom. The summed E-state index contributed by atoms with van der Waals surface area (Å²) in [6.45, 7) is 8.63. The van der Waals surface area contributed by atoms with Gasteiger partial charge in [-0.2, -0.15) is 0 Å². The van der Waals surface area contributed by atoms with Gasteiger partial charge in [0.05, 0.1) is 32.0 Å². The normalized spacial score (nSPS) is 11.1. The highest BCUT2D eigenvalue weighted by molar-refractivity contribution is 5.95. The largest absolute Gasteiger partial charge is 0.508 e. The summed E-state index contributed by atoms with van der Waals surface area (Å²) in [5.41, 5.74) is 2.27. The number of methoxy groups -OCH3 is 2. The lowest BCUT2D eigenvalue weighted by Gasteiger charge is -2.26. The van der Waals surface area contributed by atoms with Crippen LogP contribution in [0.2, 0.25) is 0 Å². The topological polar surface area (TPSA) is 127 Å². The van der Waals surface area contributed by atoms with Gasteiger partial charge >= 0.3 is 17.9 Å². The van der Waals surface area contributed by atoms with Crippen LogP contribution in [0, 0.1) is 5.92 Å². The van der Waals surface area contributed by atoms with Crippen LogP contribution in [0.15, 0.2) is 109 Å². The number of carbonyl (C=O) groups is 3. The molecule has 0 saturated heterocycles. The van der Waals surface area contributed by atoms with E-state index in [0.29, 0.717) is 35.2 Å². The third-order valence-electron chi connectivity index (χ3n) is 8.25. The van der Waals surface area contributed by atoms with E-state index in [9.17, 15) is 19.5 Å². The minimum atomic E-state index is -0.672. The van der Waals surface area contributed by atoms with Crippen molar-refractivity contribution in [1.82, 2.24) is 0 Å². The maximum Gasteiger partial charge on any atom is 0.347 e. The quantitative estimate of drug-likeness (QED) is 0.0943. The first-order chi connectivity index (χ1) is 24.9. The lowest BCUT2D eigenvalue weighted by Crippen LogP contribution is -2.19. The molecule has 0 aliphatic carbocycles. The third kappa shape index (κ3) is 8.89. The van der Waals surface area contributed by atoms with Crippen molar-refractivity contribution in [1.29, 1.82) is 0 Å². The molecule has 52 heavy (non-hydrogen) atoms. The Hall–Kier alpha value is -6.29. The Morgan fingerprint density at radius 3 is 1.44 bits per heavy atom. The number of carbonyl (C=O) groups excluding carboxylic acids is 3. The second-order valence-electron chi connectivity index (χ2n) is 12.8. The van der Waals surface area contributed by atoms with Gasteiger partial charge in [0.1, 0.15) is 34.3 Å². The van der Waals surface area contributed by atoms with Crippen LogP contribution in [-0.2, 0) is 5.41 Å². The van der Waals surface area contributed by atoms with Gasteiger partial charge in [-0.1, -0.05) is 52.0 Å². The van der Waals surface area contributed by atoms with Gasteiger partial charge in [-0.05, 0) is 89.8 Å². The first-order valence-corrected chi connectivity index (χ1v) is 16.5. The van der Waals surface area contributed by atoms with Gasteiger partial charge in [-0.15, -0.1) is 0 Å². The third-order valence-corrected chi connectivity index (χ3v) is 8.25. The van der Waals surface area contributed by atoms with E-state index >= 15 is 0 Å². The van der Waals surface area contributed by atoms with Crippen LogP contribution in [0.25, 0.3) is 0 Å². The van der Waals surface area contributed by atoms with Crippen molar-refractivity contribution in [3.63, 3.8) is 0 Å². The van der Waals surface area contributed by atoms with Crippen molar-refractivity contribution in [2.45, 2.75) is 33.1 Å². The van der Waals surface area contributed by atoms with Crippen molar-refractivity contribution in [2.24, 2.45) is 5.92 Å². The molecule has 268 valence electrons. The zero-order chi connectivity index (χ0) is 37.4. The highest BCUT2D eigenvalue weighted by atomic mass is 16.5. The van der Waals surface area contributed by atoms with Gasteiger partial charge in [0.15, 0.2) is 11.5 Å². The summed E-state index contributed by atoms with van der Waals surface area (Å²) in [6.07, 6.45) is 0. The predicted molar refractivity (Wildman–Crippen MR) is 194 cm³/mol. The molecule has 0 bridgehead atoms. The summed E-state index contributed by atoms with van der Waals surface area (Å²) in [7, 11) is 2.93. The standard InChI is InChI=1S/C42H40O10/c1-26(2)25-49-38-24-36(47-5)35(23-37(38)48-6)41(46)52-32-17-9-28(10-18-32)40(45)51-34-21-13-30(14-22-34)42(3,4)29-11-19-33(20-12-29)50-39(44)27-7-15-31(43)16-8-27/h7-24,26,43H,25H2,1-6H3. The van der Waals surface area contributed by atoms with E-state index in [4.69, 9.17) is 28.4 Å². The van der Waals surface area contributed by atoms with Crippen molar-refractivity contribution in [2.75, 3.05) is 20.8 Å². The molecule has 0 unspecified atom stereocenters. The molecular formula is C42H40O10. The van der Waals surface area contributed by atoms with Crippen molar-refractivity contribution in [3.8, 4) is 40.2 Å². The number of hydrogen-bond acceptors (Lipinski definition) is 10. The highest BCUT2D eigenvalue weighted by Crippen LogP contribution is 2.36. The summed E-state index contributed by atoms with van der Waals surface area (Å²) < 4.78 is 33.3. The molecule has 5 rings (SSSR count). The number of benzene rings is 5. The predicted octanol–water partition coefficient (Wildman–Crippen LogP) is 8.43. The van der Waals surface area contributed by atoms with Crippen LogP contribution in [0.3, 0.4) is 0 Å². The summed E-state index contributed by atoms with van der Waals surface area (Å²) in [6, 6.07) is 29.4. The summed E-state index contributed by atoms with van der Waals surface area (Å²) in [5, 5.41) is 9.44. The first-order valence-electron chi connectivity index (χ1n) is 16.5. The van der Waals surface area contributed by atoms with Crippen LogP contribution in [0.1, 0.15) is 69.9 Å². The first kappa shape index (κ1) is 37.0. The summed E-state index contributed by atoms with van der Waals surface area (Å²) in [5.74, 6) is 0.635. The molecule has 0 fully saturated rings. The Labute approximate surface area is 302 Å². The molecule has 5 aromatic carbocycles. The maximum absolute atomic E-state index is 13.1. The molecule has 1 N–H and O–H groups in total. The van der Waals surface area contributed by atoms with Gasteiger partial charge in [0, 0.05) is 17.5 Å². The minimum absolute atomic E-state index is 0.0666. The molecule has 0 radical (unpaired) electrons. The zero-order valence-electron chi connectivity index (χ0n) is 29.8. The Bertz CT molecular complexity index is 2010. The number of phenolic OH excluding ortho intramolecular Hbond substituents is 1. The van der Waals surface area contributed by atoms with E-state index in [1.54, 1.807) is 30.3 Å². The number of aromatic hydroxyl groups is 1. The lowest BCUT2D eigenvalue weighted by molar-refractivity contribution is 0.0722. The molecular weight excluding hydrogens is 664 g/mol. The lowest BCUT2D eigenvalue weighted by atomic mass is 9.78. The highest BCUT2D eigenvalue weighted by Gasteiger charge is 2.24. The van der Waals surface area contributed by atoms with Gasteiger partial charge in [0.25, 0.3) is 0 Å². The summed E-state index contributed by atoms with van der Waals surface area (Å²) in [4.78, 5) is 38.5. The van der Waals surface area contributed by atoms with Crippen LogP contribution < -0.4 is 28.4 Å². The van der Waals surface area contributed by atoms with Crippen molar-refractivity contribution < 1.29 is 47.9 Å². The Balaban J connectivity index is 1.19. The SMILES string of the molecule is COc1cc(C(=O)Oc2ccc(C(=O)Oc3ccc(C(C)(C)c4ccc(OC(=O)c5ccc(O)cc5)cc4)cc3)cc2)c(OC)cc1OCC(C)C. The van der Waals surface area contributed by atoms with Gasteiger partial charge in [-0.25, -0.2) is 14.4 Å². The molecule has 0 heterocycles. The molecule has 0 aromatic heterocycles. The van der Waals surface area contributed by atoms with E-state index in [-0.39, 0.29) is 34.3 Å². The molecule has 0 aliphatic rings. The average molecular weight is 705 g/mol. The number of hydrogen-bond donors (Lipinski definition) is 1. The van der Waals surface area contributed by atoms with Gasteiger partial charge in [0.2, 0.25) is 0 Å². The fourth-order valence-corrected chi connectivity index (χ4v) is 5.19. The second kappa shape index (κ2) is 16.2. The minimum Gasteiger partial charge on any atom is -0.508 e. The molecule has 10 heteroatoms. The van der Waals surface area contributed by atoms with Crippen molar-refractivity contribution >= 4 is 17.9 Å². The average Bonchev–Trinajstić information content (AvgIpc) is 3.14. The monoisotopic (exact) mass is 704 g/mol. The second-order valence-corrected chi connectivity index (χ2v) is 12.8. The van der Waals surface area contributed by atoms with Gasteiger partial charge in [-0.3, -0.25) is 0 Å². The molecule has 10 nitrogen and oxygen atoms in total. The van der Waals surface area contributed by atoms with Crippen molar-refractivity contribution in [3.05, 3.63) is 137 Å². The molecule has 0 saturated carbocycles. The fraction of sp³-hybridized carbons (Fsp3) is 0.214. The number of esters is 3. The number of phenols is 1. The Morgan fingerprint density at radius 2 is 1.00 bits per heavy atom. The van der Waals surface area contributed by atoms with E-state index in [1.807, 2.05) is 38.1 Å². The van der Waals surface area contributed by atoms with E-state index in [0.717, 1.165) is 11.1 Å². The summed E-state index contributed by atoms with van der Waals surface area (Å²) >= 11 is 0. The van der Waals surface area contributed by atoms with Gasteiger partial charge < -0.3 is 33.5 Å². The molecule has 0 spiro atoms. The molecule has 0 amide bonds. The molecule has 0 atom stereocenters. The number of rotatable bonds is 13. The van der Waals surface area contributed by atoms with E-state index in [1.165, 1.54) is 68.8 Å². The smallest absolute Gasteiger partial charge is 0.347 e. The number of ether oxygens (including phenoxy) is 6. The molecule has 0 aliphatic heterocycles. The van der Waals surface area contributed by atoms with Crippen LogP contribution in [0.5, 0.6) is 40.2 Å². The zero-order valence-corrected chi connectivity index (χ0v) is 29.8. The van der Waals surface area contributed by atoms with E-state index in [2.05, 4.69) is 13.8 Å². The van der Waals surface area contributed by atoms with Crippen LogP contribution in [-0.4, -0.2) is 43.8 Å². The maximum atomic E-state index is 13.1.